The minimum absolute atomic E-state index is 0.0504. The predicted molar refractivity (Wildman–Crippen MR) is 76.0 cm³/mol. The van der Waals surface area contributed by atoms with Crippen LogP contribution in [0.2, 0.25) is 0 Å². The number of rotatable bonds is 6. The summed E-state index contributed by atoms with van der Waals surface area (Å²) in [6, 6.07) is 9.40. The van der Waals surface area contributed by atoms with Gasteiger partial charge in [-0.25, -0.2) is 0 Å². The number of hydrogen-bond donors (Lipinski definition) is 0. The number of benzene rings is 1. The third-order valence-electron chi connectivity index (χ3n) is 2.37. The van der Waals surface area contributed by atoms with Gasteiger partial charge in [-0.1, -0.05) is 30.3 Å². The zero-order chi connectivity index (χ0) is 15.0. The third kappa shape index (κ3) is 5.79. The number of carbonyl (C=O) groups excluding carboxylic acids is 2. The van der Waals surface area contributed by atoms with Crippen molar-refractivity contribution in [3.8, 4) is 0 Å². The van der Waals surface area contributed by atoms with Crippen LogP contribution in [-0.4, -0.2) is 30.2 Å². The molecule has 6 heteroatoms. The Morgan fingerprint density at radius 2 is 1.90 bits per heavy atom. The molecule has 0 aliphatic rings. The van der Waals surface area contributed by atoms with Crippen molar-refractivity contribution < 1.29 is 23.8 Å². The standard InChI is InChI=1S/C14H16O5S/c1-10(15)19-12(8-13(16)17-2)14(20)18-9-11-6-4-3-5-7-11/h3-7,12H,8-9H2,1-2H3. The second kappa shape index (κ2) is 8.27. The second-order valence-corrected chi connectivity index (χ2v) is 4.37. The van der Waals surface area contributed by atoms with Gasteiger partial charge >= 0.3 is 11.9 Å². The average Bonchev–Trinajstić information content (AvgIpc) is 2.44. The zero-order valence-corrected chi connectivity index (χ0v) is 12.1. The molecule has 0 bridgehead atoms. The molecule has 0 heterocycles. The molecule has 0 saturated carbocycles. The van der Waals surface area contributed by atoms with Crippen LogP contribution in [0.25, 0.3) is 0 Å². The lowest BCUT2D eigenvalue weighted by atomic mass is 10.2. The monoisotopic (exact) mass is 296 g/mol. The first-order valence-corrected chi connectivity index (χ1v) is 6.38. The van der Waals surface area contributed by atoms with E-state index in [1.165, 1.54) is 14.0 Å². The van der Waals surface area contributed by atoms with Gasteiger partial charge in [-0.05, 0) is 17.8 Å². The van der Waals surface area contributed by atoms with Crippen LogP contribution in [0, 0.1) is 0 Å². The molecule has 0 aliphatic heterocycles. The lowest BCUT2D eigenvalue weighted by Gasteiger charge is -2.17. The van der Waals surface area contributed by atoms with Crippen molar-refractivity contribution >= 4 is 29.2 Å². The van der Waals surface area contributed by atoms with E-state index < -0.39 is 18.0 Å². The molecule has 0 amide bonds. The van der Waals surface area contributed by atoms with Crippen molar-refractivity contribution in [3.63, 3.8) is 0 Å². The summed E-state index contributed by atoms with van der Waals surface area (Å²) in [5, 5.41) is 0.0504. The Hall–Kier alpha value is -1.95. The largest absolute Gasteiger partial charge is 0.479 e. The molecule has 0 saturated heterocycles. The topological polar surface area (TPSA) is 61.8 Å². The van der Waals surface area contributed by atoms with Crippen molar-refractivity contribution in [3.05, 3.63) is 35.9 Å². The van der Waals surface area contributed by atoms with Gasteiger partial charge in [-0.15, -0.1) is 0 Å². The number of thiocarbonyl (C=S) groups is 1. The van der Waals surface area contributed by atoms with Crippen LogP contribution < -0.4 is 0 Å². The highest BCUT2D eigenvalue weighted by Crippen LogP contribution is 2.09. The minimum atomic E-state index is -0.918. The lowest BCUT2D eigenvalue weighted by Crippen LogP contribution is -2.30. The molecule has 0 spiro atoms. The molecule has 0 aromatic heterocycles. The van der Waals surface area contributed by atoms with E-state index >= 15 is 0 Å². The van der Waals surface area contributed by atoms with Crippen LogP contribution >= 0.6 is 12.2 Å². The first-order valence-electron chi connectivity index (χ1n) is 5.97. The summed E-state index contributed by atoms with van der Waals surface area (Å²) in [7, 11) is 1.25. The summed E-state index contributed by atoms with van der Waals surface area (Å²) in [4.78, 5) is 22.3. The number of ether oxygens (including phenoxy) is 3. The van der Waals surface area contributed by atoms with E-state index in [1.807, 2.05) is 30.3 Å². The summed E-state index contributed by atoms with van der Waals surface area (Å²) >= 11 is 5.05. The molecule has 1 unspecified atom stereocenters. The first kappa shape index (κ1) is 16.1. The van der Waals surface area contributed by atoms with E-state index in [2.05, 4.69) is 4.74 Å². The van der Waals surface area contributed by atoms with Crippen molar-refractivity contribution in [2.45, 2.75) is 26.1 Å². The van der Waals surface area contributed by atoms with E-state index in [1.54, 1.807) is 0 Å². The van der Waals surface area contributed by atoms with E-state index in [4.69, 9.17) is 21.7 Å². The molecule has 1 rings (SSSR count). The quantitative estimate of drug-likeness (QED) is 0.591. The average molecular weight is 296 g/mol. The summed E-state index contributed by atoms with van der Waals surface area (Å²) in [5.41, 5.74) is 0.925. The van der Waals surface area contributed by atoms with Gasteiger partial charge in [-0.3, -0.25) is 9.59 Å². The van der Waals surface area contributed by atoms with E-state index in [0.29, 0.717) is 0 Å². The molecule has 1 aromatic rings. The Morgan fingerprint density at radius 3 is 2.45 bits per heavy atom. The molecule has 5 nitrogen and oxygen atoms in total. The third-order valence-corrected chi connectivity index (χ3v) is 2.76. The first-order chi connectivity index (χ1) is 9.52. The Morgan fingerprint density at radius 1 is 1.25 bits per heavy atom. The fraction of sp³-hybridized carbons (Fsp3) is 0.357. The minimum Gasteiger partial charge on any atom is -0.479 e. The van der Waals surface area contributed by atoms with Crippen molar-refractivity contribution in [2.75, 3.05) is 7.11 Å². The number of hydrogen-bond acceptors (Lipinski definition) is 6. The molecule has 0 aliphatic carbocycles. The number of methoxy groups -OCH3 is 1. The van der Waals surface area contributed by atoms with Crippen molar-refractivity contribution in [2.24, 2.45) is 0 Å². The maximum atomic E-state index is 11.3. The zero-order valence-electron chi connectivity index (χ0n) is 11.3. The summed E-state index contributed by atoms with van der Waals surface area (Å²) in [5.74, 6) is -1.06. The van der Waals surface area contributed by atoms with Crippen LogP contribution in [0.4, 0.5) is 0 Å². The van der Waals surface area contributed by atoms with Gasteiger partial charge in [0.05, 0.1) is 13.5 Å². The van der Waals surface area contributed by atoms with Crippen LogP contribution in [-0.2, 0) is 30.4 Å². The highest BCUT2D eigenvalue weighted by atomic mass is 32.1. The fourth-order valence-corrected chi connectivity index (χ4v) is 1.62. The predicted octanol–water partition coefficient (Wildman–Crippen LogP) is 2.03. The van der Waals surface area contributed by atoms with Gasteiger partial charge in [0.1, 0.15) is 6.61 Å². The van der Waals surface area contributed by atoms with Gasteiger partial charge in [0.15, 0.2) is 6.10 Å². The fourth-order valence-electron chi connectivity index (χ4n) is 1.43. The molecule has 20 heavy (non-hydrogen) atoms. The molecular weight excluding hydrogens is 280 g/mol. The van der Waals surface area contributed by atoms with Gasteiger partial charge in [0, 0.05) is 6.92 Å². The van der Waals surface area contributed by atoms with E-state index in [-0.39, 0.29) is 18.1 Å². The van der Waals surface area contributed by atoms with Crippen LogP contribution in [0.3, 0.4) is 0 Å². The Bertz CT molecular complexity index is 472. The second-order valence-electron chi connectivity index (χ2n) is 3.97. The molecule has 1 atom stereocenters. The summed E-state index contributed by atoms with van der Waals surface area (Å²) in [6.07, 6.45) is -1.08. The maximum absolute atomic E-state index is 11.3. The Balaban J connectivity index is 2.58. The molecule has 1 aromatic carbocycles. The van der Waals surface area contributed by atoms with Gasteiger partial charge in [-0.2, -0.15) is 0 Å². The van der Waals surface area contributed by atoms with Crippen LogP contribution in [0.5, 0.6) is 0 Å². The Kier molecular flexibility index (Phi) is 6.66. The summed E-state index contributed by atoms with van der Waals surface area (Å²) < 4.78 is 14.9. The lowest BCUT2D eigenvalue weighted by molar-refractivity contribution is -0.149. The van der Waals surface area contributed by atoms with E-state index in [9.17, 15) is 9.59 Å². The molecule has 0 fully saturated rings. The summed E-state index contributed by atoms with van der Waals surface area (Å²) in [6.45, 7) is 1.49. The molecular formula is C14H16O5S. The maximum Gasteiger partial charge on any atom is 0.309 e. The molecule has 0 radical (unpaired) electrons. The van der Waals surface area contributed by atoms with Crippen molar-refractivity contribution in [1.29, 1.82) is 0 Å². The Labute approximate surface area is 122 Å². The molecule has 0 N–H and O–H groups in total. The normalized spacial score (nSPS) is 11.3. The highest BCUT2D eigenvalue weighted by Gasteiger charge is 2.23. The van der Waals surface area contributed by atoms with E-state index in [0.717, 1.165) is 5.56 Å². The number of esters is 2. The molecule has 108 valence electrons. The van der Waals surface area contributed by atoms with Gasteiger partial charge in [0.25, 0.3) is 0 Å². The van der Waals surface area contributed by atoms with Crippen LogP contribution in [0.15, 0.2) is 30.3 Å². The smallest absolute Gasteiger partial charge is 0.309 e. The van der Waals surface area contributed by atoms with Gasteiger partial charge < -0.3 is 14.2 Å². The van der Waals surface area contributed by atoms with Crippen LogP contribution in [0.1, 0.15) is 18.9 Å². The highest BCUT2D eigenvalue weighted by molar-refractivity contribution is 7.80. The number of carbonyl (C=O) groups is 2. The van der Waals surface area contributed by atoms with Crippen molar-refractivity contribution in [1.82, 2.24) is 0 Å². The van der Waals surface area contributed by atoms with Gasteiger partial charge in [0.2, 0.25) is 5.05 Å². The SMILES string of the molecule is COC(=O)CC(OC(C)=O)C(=S)OCc1ccccc1.